The van der Waals surface area contributed by atoms with Crippen LogP contribution < -0.4 is 10.6 Å². The van der Waals surface area contributed by atoms with Gasteiger partial charge in [-0.3, -0.25) is 14.5 Å². The Labute approximate surface area is 161 Å². The number of anilines is 1. The molecule has 0 unspecified atom stereocenters. The molecule has 2 amide bonds. The molecule has 0 atom stereocenters. The summed E-state index contributed by atoms with van der Waals surface area (Å²) in [6.07, 6.45) is 5.42. The fraction of sp³-hybridized carbons (Fsp3) is 0.111. The Hall–Kier alpha value is -3.89. The molecule has 8 nitrogen and oxygen atoms in total. The Kier molecular flexibility index (Phi) is 4.63. The van der Waals surface area contributed by atoms with E-state index in [1.54, 1.807) is 36.2 Å². The minimum Gasteiger partial charge on any atom is -0.329 e. The van der Waals surface area contributed by atoms with Gasteiger partial charge < -0.3 is 10.6 Å². The van der Waals surface area contributed by atoms with E-state index in [2.05, 4.69) is 25.5 Å². The fourth-order valence-corrected chi connectivity index (χ4v) is 2.79. The van der Waals surface area contributed by atoms with Crippen molar-refractivity contribution in [1.82, 2.24) is 29.9 Å². The molecule has 0 aliphatic carbocycles. The molecule has 4 heterocycles. The van der Waals surface area contributed by atoms with Crippen LogP contribution in [0.2, 0.25) is 0 Å². The summed E-state index contributed by atoms with van der Waals surface area (Å²) < 4.78 is 38.4. The number of alkyl halides is 3. The smallest absolute Gasteiger partial charge is 0.329 e. The minimum absolute atomic E-state index is 0.257. The molecule has 11 heteroatoms. The van der Waals surface area contributed by atoms with E-state index in [0.717, 1.165) is 11.1 Å². The zero-order valence-corrected chi connectivity index (χ0v) is 14.7. The van der Waals surface area contributed by atoms with Gasteiger partial charge in [0.2, 0.25) is 0 Å². The predicted octanol–water partition coefficient (Wildman–Crippen LogP) is 3.47. The van der Waals surface area contributed by atoms with Crippen molar-refractivity contribution in [3.8, 4) is 22.4 Å². The molecule has 0 fully saturated rings. The lowest BCUT2D eigenvalue weighted by Crippen LogP contribution is -2.36. The third kappa shape index (κ3) is 4.18. The lowest BCUT2D eigenvalue weighted by molar-refractivity contribution is -0.122. The second-order valence-electron chi connectivity index (χ2n) is 6.16. The fourth-order valence-electron chi connectivity index (χ4n) is 2.79. The third-order valence-corrected chi connectivity index (χ3v) is 4.09. The molecule has 0 aliphatic heterocycles. The van der Waals surface area contributed by atoms with Crippen molar-refractivity contribution < 1.29 is 18.0 Å². The Bertz CT molecular complexity index is 1150. The molecule has 0 bridgehead atoms. The van der Waals surface area contributed by atoms with E-state index < -0.39 is 18.8 Å². The maximum Gasteiger partial charge on any atom is 0.405 e. The van der Waals surface area contributed by atoms with E-state index in [1.807, 2.05) is 22.7 Å². The summed E-state index contributed by atoms with van der Waals surface area (Å²) in [4.78, 5) is 20.1. The highest BCUT2D eigenvalue weighted by Crippen LogP contribution is 2.25. The van der Waals surface area contributed by atoms with Crippen molar-refractivity contribution >= 4 is 17.4 Å². The highest BCUT2D eigenvalue weighted by atomic mass is 19.4. The zero-order chi connectivity index (χ0) is 20.4. The summed E-state index contributed by atoms with van der Waals surface area (Å²) in [6.45, 7) is -1.42. The highest BCUT2D eigenvalue weighted by molar-refractivity contribution is 5.89. The van der Waals surface area contributed by atoms with Crippen molar-refractivity contribution in [2.45, 2.75) is 6.18 Å². The largest absolute Gasteiger partial charge is 0.405 e. The van der Waals surface area contributed by atoms with Crippen molar-refractivity contribution in [2.75, 3.05) is 11.9 Å². The first kappa shape index (κ1) is 18.5. The van der Waals surface area contributed by atoms with Gasteiger partial charge in [0.25, 0.3) is 0 Å². The van der Waals surface area contributed by atoms with E-state index in [9.17, 15) is 18.0 Å². The van der Waals surface area contributed by atoms with Gasteiger partial charge >= 0.3 is 12.2 Å². The monoisotopic (exact) mass is 401 g/mol. The first-order chi connectivity index (χ1) is 13.9. The van der Waals surface area contributed by atoms with Crippen LogP contribution in [0.15, 0.2) is 55.4 Å². The summed E-state index contributed by atoms with van der Waals surface area (Å²) in [5.74, 6) is 0. The summed E-state index contributed by atoms with van der Waals surface area (Å²) in [5, 5.41) is 10.8. The van der Waals surface area contributed by atoms with Crippen LogP contribution in [-0.2, 0) is 0 Å². The van der Waals surface area contributed by atoms with Crippen molar-refractivity contribution in [3.05, 3.63) is 55.4 Å². The molecule has 29 heavy (non-hydrogen) atoms. The molecule has 4 rings (SSSR count). The number of nitrogens with one attached hydrogen (secondary N) is 3. The van der Waals surface area contributed by atoms with Gasteiger partial charge in [-0.2, -0.15) is 18.3 Å². The van der Waals surface area contributed by atoms with Crippen LogP contribution in [0.5, 0.6) is 0 Å². The van der Waals surface area contributed by atoms with Gasteiger partial charge in [-0.25, -0.2) is 9.78 Å². The molecule has 0 saturated heterocycles. The Balaban J connectivity index is 1.56. The molecule has 3 N–H and O–H groups in total. The molecular weight excluding hydrogens is 387 g/mol. The van der Waals surface area contributed by atoms with Gasteiger partial charge in [-0.1, -0.05) is 0 Å². The topological polar surface area (TPSA) is 100 Å². The number of nitrogens with zero attached hydrogens (tertiary/aromatic N) is 4. The second-order valence-corrected chi connectivity index (χ2v) is 6.16. The van der Waals surface area contributed by atoms with E-state index >= 15 is 0 Å². The number of halogens is 3. The van der Waals surface area contributed by atoms with Gasteiger partial charge in [-0.15, -0.1) is 0 Å². The van der Waals surface area contributed by atoms with Gasteiger partial charge in [0.15, 0.2) is 0 Å². The number of rotatable bonds is 4. The minimum atomic E-state index is -4.48. The maximum atomic E-state index is 12.2. The molecule has 4 aromatic rings. The number of urea groups is 1. The van der Waals surface area contributed by atoms with E-state index in [-0.39, 0.29) is 5.69 Å². The Morgan fingerprint density at radius 1 is 1.10 bits per heavy atom. The van der Waals surface area contributed by atoms with E-state index in [0.29, 0.717) is 16.9 Å². The number of carbonyl (C=O) groups is 1. The lowest BCUT2D eigenvalue weighted by Gasteiger charge is -2.10. The number of hydrogen-bond donors (Lipinski definition) is 3. The number of H-pyrrole nitrogens is 1. The Morgan fingerprint density at radius 2 is 1.97 bits per heavy atom. The highest BCUT2D eigenvalue weighted by Gasteiger charge is 2.27. The van der Waals surface area contributed by atoms with E-state index in [1.165, 1.54) is 6.20 Å². The number of carbonyl (C=O) groups excluding carboxylic acids is 1. The number of pyridine rings is 2. The predicted molar refractivity (Wildman–Crippen MR) is 99.1 cm³/mol. The molecular formula is C18H14F3N7O. The average molecular weight is 401 g/mol. The SMILES string of the molecule is O=C(NCC(F)(F)F)Nc1cncc(-c2cnc3cc(-c4cn[nH]c4)ccn23)c1. The third-order valence-electron chi connectivity index (χ3n) is 4.09. The first-order valence-corrected chi connectivity index (χ1v) is 8.42. The molecule has 0 saturated carbocycles. The van der Waals surface area contributed by atoms with Gasteiger partial charge in [0, 0.05) is 29.7 Å². The molecule has 4 aromatic heterocycles. The number of fused-ring (bicyclic) bond motifs is 1. The quantitative estimate of drug-likeness (QED) is 0.488. The van der Waals surface area contributed by atoms with Crippen molar-refractivity contribution in [2.24, 2.45) is 0 Å². The summed E-state index contributed by atoms with van der Waals surface area (Å²) in [6, 6.07) is 4.44. The van der Waals surface area contributed by atoms with Crippen LogP contribution in [0.25, 0.3) is 28.0 Å². The van der Waals surface area contributed by atoms with Crippen LogP contribution in [0.3, 0.4) is 0 Å². The van der Waals surface area contributed by atoms with Crippen LogP contribution in [-0.4, -0.2) is 43.3 Å². The molecule has 0 aliphatic rings. The van der Waals surface area contributed by atoms with Crippen molar-refractivity contribution in [1.29, 1.82) is 0 Å². The molecule has 0 aromatic carbocycles. The number of hydrogen-bond acceptors (Lipinski definition) is 4. The summed E-state index contributed by atoms with van der Waals surface area (Å²) in [7, 11) is 0. The van der Waals surface area contributed by atoms with Gasteiger partial charge in [0.05, 0.1) is 30.0 Å². The summed E-state index contributed by atoms with van der Waals surface area (Å²) in [5.41, 5.74) is 4.17. The average Bonchev–Trinajstić information content (AvgIpc) is 3.35. The van der Waals surface area contributed by atoms with Gasteiger partial charge in [-0.05, 0) is 23.8 Å². The van der Waals surface area contributed by atoms with Crippen LogP contribution >= 0.6 is 0 Å². The van der Waals surface area contributed by atoms with Crippen LogP contribution in [0.1, 0.15) is 0 Å². The maximum absolute atomic E-state index is 12.2. The van der Waals surface area contributed by atoms with Crippen LogP contribution in [0.4, 0.5) is 23.7 Å². The molecule has 0 radical (unpaired) electrons. The number of imidazole rings is 1. The number of aromatic nitrogens is 5. The first-order valence-electron chi connectivity index (χ1n) is 8.42. The van der Waals surface area contributed by atoms with E-state index in [4.69, 9.17) is 0 Å². The standard InChI is InChI=1S/C18H14F3N7O/c19-18(20,21)10-24-17(29)27-14-3-12(5-22-8-14)15-9-23-16-4-11(1-2-28(15)16)13-6-25-26-7-13/h1-9H,10H2,(H,25,26)(H2,24,27,29). The second kappa shape index (κ2) is 7.26. The summed E-state index contributed by atoms with van der Waals surface area (Å²) >= 11 is 0. The number of aromatic amines is 1. The zero-order valence-electron chi connectivity index (χ0n) is 14.7. The van der Waals surface area contributed by atoms with Crippen LogP contribution in [0, 0.1) is 0 Å². The van der Waals surface area contributed by atoms with Gasteiger partial charge in [0.1, 0.15) is 12.2 Å². The molecule has 148 valence electrons. The normalized spacial score (nSPS) is 11.6. The Morgan fingerprint density at radius 3 is 2.72 bits per heavy atom. The van der Waals surface area contributed by atoms with Crippen molar-refractivity contribution in [3.63, 3.8) is 0 Å². The lowest BCUT2D eigenvalue weighted by atomic mass is 10.1. The number of amides is 2. The molecule has 0 spiro atoms.